The van der Waals surface area contributed by atoms with Crippen molar-refractivity contribution in [2.75, 3.05) is 25.5 Å². The van der Waals surface area contributed by atoms with Gasteiger partial charge in [0, 0.05) is 18.3 Å². The summed E-state index contributed by atoms with van der Waals surface area (Å²) in [5, 5.41) is 14.5. The summed E-state index contributed by atoms with van der Waals surface area (Å²) in [5.74, 6) is 1.17. The van der Waals surface area contributed by atoms with Crippen LogP contribution < -0.4 is 15.4 Å². The summed E-state index contributed by atoms with van der Waals surface area (Å²) in [7, 11) is 3.37. The number of hydrogen-bond acceptors (Lipinski definition) is 6. The number of nitrogens with zero attached hydrogens (tertiary/aromatic N) is 3. The molecule has 1 aliphatic heterocycles. The number of carbonyl (C=O) groups is 1. The molecule has 0 spiro atoms. The van der Waals surface area contributed by atoms with E-state index in [2.05, 4.69) is 20.9 Å². The lowest BCUT2D eigenvalue weighted by atomic mass is 10.0. The summed E-state index contributed by atoms with van der Waals surface area (Å²) in [4.78, 5) is 12.6. The van der Waals surface area contributed by atoms with Crippen molar-refractivity contribution in [3.63, 3.8) is 0 Å². The predicted octanol–water partition coefficient (Wildman–Crippen LogP) is 4.28. The van der Waals surface area contributed by atoms with Crippen molar-refractivity contribution < 1.29 is 14.1 Å². The van der Waals surface area contributed by atoms with Crippen LogP contribution in [0.1, 0.15) is 53.8 Å². The van der Waals surface area contributed by atoms with Gasteiger partial charge in [0.2, 0.25) is 0 Å². The quantitative estimate of drug-likeness (QED) is 0.616. The molecule has 1 fully saturated rings. The molecule has 172 valence electrons. The van der Waals surface area contributed by atoms with Crippen molar-refractivity contribution in [2.24, 2.45) is 7.05 Å². The minimum absolute atomic E-state index is 0.213. The molecule has 1 saturated heterocycles. The van der Waals surface area contributed by atoms with Crippen LogP contribution in [0.5, 0.6) is 5.75 Å². The number of aromatic nitrogens is 3. The Morgan fingerprint density at radius 2 is 1.97 bits per heavy atom. The lowest BCUT2D eigenvalue weighted by molar-refractivity contribution is 0.101. The average Bonchev–Trinajstić information content (AvgIpc) is 3.36. The van der Waals surface area contributed by atoms with Crippen molar-refractivity contribution in [1.82, 2.24) is 20.3 Å². The number of amides is 1. The molecule has 1 amide bonds. The lowest BCUT2D eigenvalue weighted by Crippen LogP contribution is -2.21. The zero-order valence-electron chi connectivity index (χ0n) is 19.6. The van der Waals surface area contributed by atoms with Crippen LogP contribution in [-0.4, -0.2) is 41.0 Å². The van der Waals surface area contributed by atoms with Gasteiger partial charge in [0.25, 0.3) is 5.91 Å². The lowest BCUT2D eigenvalue weighted by Gasteiger charge is -2.12. The summed E-state index contributed by atoms with van der Waals surface area (Å²) >= 11 is 0. The predicted molar refractivity (Wildman–Crippen MR) is 125 cm³/mol. The third-order valence-electron chi connectivity index (χ3n) is 5.49. The molecule has 8 heteroatoms. The van der Waals surface area contributed by atoms with Crippen molar-refractivity contribution in [2.45, 2.75) is 46.5 Å². The second kappa shape index (κ2) is 10.9. The third kappa shape index (κ3) is 5.56. The van der Waals surface area contributed by atoms with E-state index in [-0.39, 0.29) is 5.91 Å². The highest BCUT2D eigenvalue weighted by Gasteiger charge is 2.18. The molecule has 3 aromatic rings. The molecule has 4 rings (SSSR count). The summed E-state index contributed by atoms with van der Waals surface area (Å²) in [6.07, 6.45) is 4.99. The Kier molecular flexibility index (Phi) is 8.05. The van der Waals surface area contributed by atoms with Crippen LogP contribution in [-0.2, 0) is 13.5 Å². The Bertz CT molecular complexity index is 1020. The molecule has 8 nitrogen and oxygen atoms in total. The van der Waals surface area contributed by atoms with Crippen molar-refractivity contribution in [1.29, 1.82) is 0 Å². The first-order chi connectivity index (χ1) is 15.4. The number of hydrogen-bond donors (Lipinski definition) is 2. The summed E-state index contributed by atoms with van der Waals surface area (Å²) < 4.78 is 12.3. The van der Waals surface area contributed by atoms with E-state index in [4.69, 9.17) is 9.26 Å². The van der Waals surface area contributed by atoms with E-state index >= 15 is 0 Å². The highest BCUT2D eigenvalue weighted by atomic mass is 16.5. The molecular formula is C24H33N5O3. The van der Waals surface area contributed by atoms with E-state index in [1.54, 1.807) is 31.0 Å². The largest absolute Gasteiger partial charge is 0.496 e. The van der Waals surface area contributed by atoms with E-state index in [1.165, 1.54) is 32.4 Å². The number of benzene rings is 1. The van der Waals surface area contributed by atoms with Crippen LogP contribution in [0.25, 0.3) is 11.1 Å². The number of aryl methyl sites for hydroxylation is 4. The highest BCUT2D eigenvalue weighted by molar-refractivity contribution is 6.03. The minimum atomic E-state index is -0.213. The zero-order chi connectivity index (χ0) is 23.1. The molecule has 2 aromatic heterocycles. The van der Waals surface area contributed by atoms with Crippen LogP contribution in [0.4, 0.5) is 5.69 Å². The first-order valence-corrected chi connectivity index (χ1v) is 11.1. The molecule has 32 heavy (non-hydrogen) atoms. The molecule has 1 aliphatic rings. The molecule has 3 heterocycles. The Morgan fingerprint density at radius 3 is 2.47 bits per heavy atom. The average molecular weight is 440 g/mol. The number of nitrogens with one attached hydrogen (secondary N) is 2. The van der Waals surface area contributed by atoms with Gasteiger partial charge in [-0.15, -0.1) is 0 Å². The minimum Gasteiger partial charge on any atom is -0.496 e. The molecule has 0 atom stereocenters. The maximum absolute atomic E-state index is 12.6. The van der Waals surface area contributed by atoms with Crippen LogP contribution in [0, 0.1) is 13.8 Å². The maximum atomic E-state index is 12.6. The normalized spacial score (nSPS) is 13.3. The number of rotatable bonds is 5. The number of anilines is 1. The van der Waals surface area contributed by atoms with E-state index in [9.17, 15) is 4.79 Å². The molecule has 0 unspecified atom stereocenters. The van der Waals surface area contributed by atoms with Gasteiger partial charge < -0.3 is 19.9 Å². The van der Waals surface area contributed by atoms with Gasteiger partial charge >= 0.3 is 0 Å². The van der Waals surface area contributed by atoms with Crippen LogP contribution in [0.2, 0.25) is 0 Å². The summed E-state index contributed by atoms with van der Waals surface area (Å²) in [5.41, 5.74) is 4.50. The van der Waals surface area contributed by atoms with Crippen LogP contribution in [0.15, 0.2) is 28.8 Å². The second-order valence-corrected chi connectivity index (χ2v) is 7.88. The fourth-order valence-electron chi connectivity index (χ4n) is 3.76. The Hall–Kier alpha value is -3.13. The van der Waals surface area contributed by atoms with Gasteiger partial charge in [-0.3, -0.25) is 9.48 Å². The SMILES string of the molecule is C1CCNCC1.CCc1cc(C(=O)Nc2ccc(OC)c(-c3c(C)noc3C)c2)n(C)n1. The summed E-state index contributed by atoms with van der Waals surface area (Å²) in [6, 6.07) is 7.28. The third-order valence-corrected chi connectivity index (χ3v) is 5.49. The molecule has 0 saturated carbocycles. The summed E-state index contributed by atoms with van der Waals surface area (Å²) in [6.45, 7) is 8.23. The van der Waals surface area contributed by atoms with Crippen molar-refractivity contribution in [3.05, 3.63) is 47.1 Å². The second-order valence-electron chi connectivity index (χ2n) is 7.88. The van der Waals surface area contributed by atoms with Gasteiger partial charge in [-0.25, -0.2) is 0 Å². The first-order valence-electron chi connectivity index (χ1n) is 11.1. The smallest absolute Gasteiger partial charge is 0.273 e. The number of carbonyl (C=O) groups excluding carboxylic acids is 1. The Balaban J connectivity index is 0.000000416. The Labute approximate surface area is 189 Å². The van der Waals surface area contributed by atoms with Crippen LogP contribution in [0.3, 0.4) is 0 Å². The Morgan fingerprint density at radius 1 is 1.22 bits per heavy atom. The van der Waals surface area contributed by atoms with Crippen molar-refractivity contribution in [3.8, 4) is 16.9 Å². The highest BCUT2D eigenvalue weighted by Crippen LogP contribution is 2.36. The van der Waals surface area contributed by atoms with Gasteiger partial charge in [0.15, 0.2) is 0 Å². The van der Waals surface area contributed by atoms with E-state index in [0.717, 1.165) is 28.9 Å². The molecular weight excluding hydrogens is 406 g/mol. The van der Waals surface area contributed by atoms with Gasteiger partial charge in [0.1, 0.15) is 17.2 Å². The standard InChI is InChI=1S/C19H22N4O3.C5H11N/c1-6-13-10-16(23(4)21-13)19(24)20-14-7-8-17(25-5)15(9-14)18-11(2)22-26-12(18)3;1-2-4-6-5-3-1/h7-10H,6H2,1-5H3,(H,20,24);6H,1-5H2. The molecule has 1 aromatic carbocycles. The molecule has 0 radical (unpaired) electrons. The van der Waals surface area contributed by atoms with Gasteiger partial charge in [-0.1, -0.05) is 18.5 Å². The topological polar surface area (TPSA) is 94.2 Å². The van der Waals surface area contributed by atoms with Gasteiger partial charge in [-0.2, -0.15) is 5.10 Å². The van der Waals surface area contributed by atoms with E-state index < -0.39 is 0 Å². The number of piperidine rings is 1. The molecule has 2 N–H and O–H groups in total. The molecule has 0 aliphatic carbocycles. The molecule has 0 bridgehead atoms. The number of methoxy groups -OCH3 is 1. The van der Waals surface area contributed by atoms with Gasteiger partial charge in [-0.05, 0) is 70.5 Å². The van der Waals surface area contributed by atoms with E-state index in [0.29, 0.717) is 22.9 Å². The van der Waals surface area contributed by atoms with E-state index in [1.807, 2.05) is 32.9 Å². The van der Waals surface area contributed by atoms with Crippen molar-refractivity contribution >= 4 is 11.6 Å². The fourth-order valence-corrected chi connectivity index (χ4v) is 3.76. The van der Waals surface area contributed by atoms with Gasteiger partial charge in [0.05, 0.1) is 24.1 Å². The zero-order valence-corrected chi connectivity index (χ0v) is 19.6. The van der Waals surface area contributed by atoms with Crippen LogP contribution >= 0.6 is 0 Å². The first kappa shape index (κ1) is 23.5. The number of ether oxygens (including phenoxy) is 1. The monoisotopic (exact) mass is 439 g/mol. The fraction of sp³-hybridized carbons (Fsp3) is 0.458. The maximum Gasteiger partial charge on any atom is 0.273 e.